The maximum atomic E-state index is 11.0. The molecule has 0 aromatic heterocycles. The molecule has 2 aromatic rings. The van der Waals surface area contributed by atoms with Crippen LogP contribution in [-0.2, 0) is 10.1 Å². The van der Waals surface area contributed by atoms with E-state index in [4.69, 9.17) is 16.2 Å². The molecule has 16 heavy (non-hydrogen) atoms. The summed E-state index contributed by atoms with van der Waals surface area (Å²) in [5.41, 5.74) is 0. The summed E-state index contributed by atoms with van der Waals surface area (Å²) in [7, 11) is -4.19. The van der Waals surface area contributed by atoms with Crippen LogP contribution in [0.15, 0.2) is 39.7 Å². The Morgan fingerprint density at radius 1 is 1.12 bits per heavy atom. The smallest absolute Gasteiger partial charge is 0.282 e. The molecule has 0 heterocycles. The first kappa shape index (κ1) is 11.9. The van der Waals surface area contributed by atoms with Gasteiger partial charge in [0.15, 0.2) is 0 Å². The van der Waals surface area contributed by atoms with Crippen LogP contribution in [0.25, 0.3) is 10.8 Å². The third-order valence-electron chi connectivity index (χ3n) is 2.18. The van der Waals surface area contributed by atoms with Crippen LogP contribution in [0.5, 0.6) is 0 Å². The van der Waals surface area contributed by atoms with Crippen LogP contribution in [0.3, 0.4) is 0 Å². The molecular weight excluding hydrogens is 316 g/mol. The van der Waals surface area contributed by atoms with Crippen LogP contribution >= 0.6 is 27.5 Å². The van der Waals surface area contributed by atoms with Crippen LogP contribution in [-0.4, -0.2) is 13.0 Å². The van der Waals surface area contributed by atoms with Crippen molar-refractivity contribution in [3.63, 3.8) is 0 Å². The van der Waals surface area contributed by atoms with Crippen molar-refractivity contribution in [2.75, 3.05) is 0 Å². The van der Waals surface area contributed by atoms with Gasteiger partial charge < -0.3 is 0 Å². The molecule has 0 bridgehead atoms. The quantitative estimate of drug-likeness (QED) is 0.818. The molecule has 0 unspecified atom stereocenters. The molecule has 0 radical (unpaired) electrons. The molecule has 0 spiro atoms. The van der Waals surface area contributed by atoms with Gasteiger partial charge in [-0.2, -0.15) is 8.42 Å². The van der Waals surface area contributed by atoms with Gasteiger partial charge >= 0.3 is 0 Å². The zero-order valence-corrected chi connectivity index (χ0v) is 11.0. The van der Waals surface area contributed by atoms with E-state index in [1.165, 1.54) is 12.1 Å². The summed E-state index contributed by atoms with van der Waals surface area (Å²) in [6.45, 7) is 0. The Hall–Kier alpha value is -0.620. The van der Waals surface area contributed by atoms with Gasteiger partial charge in [-0.05, 0) is 29.7 Å². The molecule has 0 aliphatic carbocycles. The van der Waals surface area contributed by atoms with Crippen LogP contribution in [0.2, 0.25) is 5.02 Å². The summed E-state index contributed by atoms with van der Waals surface area (Å²) < 4.78 is 31.6. The molecule has 2 rings (SSSR count). The molecule has 84 valence electrons. The number of benzene rings is 2. The number of fused-ring (bicyclic) bond motifs is 1. The van der Waals surface area contributed by atoms with E-state index >= 15 is 0 Å². The van der Waals surface area contributed by atoms with Crippen molar-refractivity contribution in [3.05, 3.63) is 39.8 Å². The third-order valence-corrected chi connectivity index (χ3v) is 4.05. The largest absolute Gasteiger partial charge is 0.294 e. The molecule has 0 saturated carbocycles. The number of halogens is 2. The second-order valence-electron chi connectivity index (χ2n) is 3.21. The van der Waals surface area contributed by atoms with E-state index < -0.39 is 10.1 Å². The van der Waals surface area contributed by atoms with Crippen molar-refractivity contribution >= 4 is 48.4 Å². The highest BCUT2D eigenvalue weighted by Crippen LogP contribution is 2.31. The standard InChI is InChI=1S/C10H6BrClO3S/c11-9-3-4-10(12)7-2-1-6(5-8(7)9)16(13,14)15/h1-5H,(H,13,14,15). The molecule has 0 fully saturated rings. The maximum absolute atomic E-state index is 11.0. The second kappa shape index (κ2) is 4.00. The fraction of sp³-hybridized carbons (Fsp3) is 0. The van der Waals surface area contributed by atoms with Crippen LogP contribution < -0.4 is 0 Å². The molecule has 0 aliphatic rings. The summed E-state index contributed by atoms with van der Waals surface area (Å²) in [4.78, 5) is -0.150. The Balaban J connectivity index is 2.86. The predicted molar refractivity (Wildman–Crippen MR) is 66.5 cm³/mol. The second-order valence-corrected chi connectivity index (χ2v) is 5.89. The summed E-state index contributed by atoms with van der Waals surface area (Å²) in [6, 6.07) is 7.68. The van der Waals surface area contributed by atoms with E-state index in [1.807, 2.05) is 0 Å². The van der Waals surface area contributed by atoms with Gasteiger partial charge in [0.2, 0.25) is 0 Å². The first-order valence-corrected chi connectivity index (χ1v) is 6.86. The summed E-state index contributed by atoms with van der Waals surface area (Å²) in [6.07, 6.45) is 0. The highest BCUT2D eigenvalue weighted by atomic mass is 79.9. The number of hydrogen-bond acceptors (Lipinski definition) is 2. The van der Waals surface area contributed by atoms with Crippen molar-refractivity contribution in [1.29, 1.82) is 0 Å². The Morgan fingerprint density at radius 3 is 2.44 bits per heavy atom. The molecule has 0 saturated heterocycles. The normalized spacial score (nSPS) is 11.9. The highest BCUT2D eigenvalue weighted by Gasteiger charge is 2.12. The molecule has 0 aliphatic heterocycles. The van der Waals surface area contributed by atoms with Gasteiger partial charge in [-0.1, -0.05) is 33.6 Å². The number of rotatable bonds is 1. The third kappa shape index (κ3) is 2.08. The Kier molecular flexibility index (Phi) is 2.96. The lowest BCUT2D eigenvalue weighted by atomic mass is 10.1. The SMILES string of the molecule is O=S(=O)(O)c1ccc2c(Cl)ccc(Br)c2c1. The van der Waals surface area contributed by atoms with E-state index in [9.17, 15) is 8.42 Å². The predicted octanol–water partition coefficient (Wildman–Crippen LogP) is 3.50. The average molecular weight is 322 g/mol. The molecule has 1 N–H and O–H groups in total. The topological polar surface area (TPSA) is 54.4 Å². The van der Waals surface area contributed by atoms with Crippen molar-refractivity contribution in [2.45, 2.75) is 4.90 Å². The van der Waals surface area contributed by atoms with Gasteiger partial charge in [0.05, 0.1) is 4.90 Å². The fourth-order valence-corrected chi connectivity index (χ4v) is 2.61. The van der Waals surface area contributed by atoms with Crippen LogP contribution in [0, 0.1) is 0 Å². The molecule has 0 amide bonds. The Bertz CT molecular complexity index is 667. The summed E-state index contributed by atoms with van der Waals surface area (Å²) >= 11 is 9.26. The Morgan fingerprint density at radius 2 is 1.81 bits per heavy atom. The minimum Gasteiger partial charge on any atom is -0.282 e. The van der Waals surface area contributed by atoms with Gasteiger partial charge in [0.25, 0.3) is 10.1 Å². The average Bonchev–Trinajstić information content (AvgIpc) is 2.22. The molecule has 6 heteroatoms. The van der Waals surface area contributed by atoms with Crippen molar-refractivity contribution in [1.82, 2.24) is 0 Å². The first-order valence-electron chi connectivity index (χ1n) is 4.25. The number of hydrogen-bond donors (Lipinski definition) is 1. The van der Waals surface area contributed by atoms with Gasteiger partial charge in [0, 0.05) is 14.9 Å². The van der Waals surface area contributed by atoms with E-state index in [-0.39, 0.29) is 4.90 Å². The van der Waals surface area contributed by atoms with Crippen LogP contribution in [0.4, 0.5) is 0 Å². The fourth-order valence-electron chi connectivity index (χ4n) is 1.42. The van der Waals surface area contributed by atoms with E-state index in [1.54, 1.807) is 18.2 Å². The van der Waals surface area contributed by atoms with Gasteiger partial charge in [0.1, 0.15) is 0 Å². The van der Waals surface area contributed by atoms with Crippen molar-refractivity contribution < 1.29 is 13.0 Å². The van der Waals surface area contributed by atoms with E-state index in [2.05, 4.69) is 15.9 Å². The monoisotopic (exact) mass is 320 g/mol. The molecular formula is C10H6BrClO3S. The summed E-state index contributed by atoms with van der Waals surface area (Å²) in [5.74, 6) is 0. The van der Waals surface area contributed by atoms with Gasteiger partial charge in [-0.3, -0.25) is 4.55 Å². The molecule has 2 aromatic carbocycles. The minimum atomic E-state index is -4.19. The molecule has 3 nitrogen and oxygen atoms in total. The van der Waals surface area contributed by atoms with Gasteiger partial charge in [-0.25, -0.2) is 0 Å². The first-order chi connectivity index (χ1) is 7.39. The lowest BCUT2D eigenvalue weighted by molar-refractivity contribution is 0.483. The zero-order valence-electron chi connectivity index (χ0n) is 7.81. The molecule has 0 atom stereocenters. The zero-order chi connectivity index (χ0) is 11.9. The lowest BCUT2D eigenvalue weighted by Gasteiger charge is -2.04. The van der Waals surface area contributed by atoms with Crippen LogP contribution in [0.1, 0.15) is 0 Å². The van der Waals surface area contributed by atoms with E-state index in [0.717, 1.165) is 9.86 Å². The Labute approximate surface area is 106 Å². The lowest BCUT2D eigenvalue weighted by Crippen LogP contribution is -1.97. The van der Waals surface area contributed by atoms with Gasteiger partial charge in [-0.15, -0.1) is 0 Å². The van der Waals surface area contributed by atoms with E-state index in [0.29, 0.717) is 10.4 Å². The van der Waals surface area contributed by atoms with Crippen molar-refractivity contribution in [3.8, 4) is 0 Å². The van der Waals surface area contributed by atoms with Crippen molar-refractivity contribution in [2.24, 2.45) is 0 Å². The highest BCUT2D eigenvalue weighted by molar-refractivity contribution is 9.10. The summed E-state index contributed by atoms with van der Waals surface area (Å²) in [5, 5.41) is 1.89. The maximum Gasteiger partial charge on any atom is 0.294 e. The minimum absolute atomic E-state index is 0.150.